The lowest BCUT2D eigenvalue weighted by molar-refractivity contribution is 0.387. The topological polar surface area (TPSA) is 63.0 Å². The first kappa shape index (κ1) is 12.2. The second-order valence-corrected chi connectivity index (χ2v) is 4.78. The van der Waals surface area contributed by atoms with E-state index < -0.39 is 0 Å². The monoisotopic (exact) mass is 258 g/mol. The van der Waals surface area contributed by atoms with E-state index in [0.29, 0.717) is 5.89 Å². The Balaban J connectivity index is 1.52. The van der Waals surface area contributed by atoms with E-state index in [4.69, 9.17) is 4.52 Å². The Morgan fingerprint density at radius 2 is 2.37 bits per heavy atom. The summed E-state index contributed by atoms with van der Waals surface area (Å²) < 4.78 is 4.94. The molecule has 0 saturated heterocycles. The van der Waals surface area contributed by atoms with Crippen LogP contribution in [0.4, 0.5) is 5.69 Å². The molecule has 1 aliphatic rings. The van der Waals surface area contributed by atoms with Crippen LogP contribution in [0, 0.1) is 6.92 Å². The Labute approximate surface area is 112 Å². The van der Waals surface area contributed by atoms with Gasteiger partial charge >= 0.3 is 0 Å². The zero-order chi connectivity index (χ0) is 13.1. The fourth-order valence-corrected chi connectivity index (χ4v) is 2.42. The van der Waals surface area contributed by atoms with Gasteiger partial charge in [0.05, 0.1) is 0 Å². The molecular weight excluding hydrogens is 240 g/mol. The Morgan fingerprint density at radius 1 is 1.42 bits per heavy atom. The summed E-state index contributed by atoms with van der Waals surface area (Å²) in [7, 11) is 0. The summed E-state index contributed by atoms with van der Waals surface area (Å²) >= 11 is 0. The van der Waals surface area contributed by atoms with Crippen LogP contribution in [0.25, 0.3) is 0 Å². The molecule has 0 aliphatic carbocycles. The molecule has 2 N–H and O–H groups in total. The molecular formula is C14H18N4O. The lowest BCUT2D eigenvalue weighted by Gasteiger charge is -2.09. The van der Waals surface area contributed by atoms with Crippen molar-refractivity contribution in [2.75, 3.05) is 18.4 Å². The second kappa shape index (κ2) is 5.40. The van der Waals surface area contributed by atoms with Gasteiger partial charge in [0.2, 0.25) is 5.89 Å². The molecule has 0 bridgehead atoms. The van der Waals surface area contributed by atoms with Crippen LogP contribution in [-0.4, -0.2) is 23.2 Å². The van der Waals surface area contributed by atoms with Crippen molar-refractivity contribution in [3.63, 3.8) is 0 Å². The van der Waals surface area contributed by atoms with Gasteiger partial charge in [-0.15, -0.1) is 0 Å². The van der Waals surface area contributed by atoms with Crippen molar-refractivity contribution in [2.45, 2.75) is 26.3 Å². The predicted octanol–water partition coefficient (Wildman–Crippen LogP) is 1.68. The smallest absolute Gasteiger partial charge is 0.223 e. The molecule has 5 nitrogen and oxygen atoms in total. The molecule has 5 heteroatoms. The van der Waals surface area contributed by atoms with Crippen LogP contribution >= 0.6 is 0 Å². The minimum absolute atomic E-state index is 0.625. The van der Waals surface area contributed by atoms with Crippen LogP contribution in [0.15, 0.2) is 22.7 Å². The van der Waals surface area contributed by atoms with Crippen molar-refractivity contribution in [3.8, 4) is 0 Å². The Morgan fingerprint density at radius 3 is 3.21 bits per heavy atom. The van der Waals surface area contributed by atoms with Gasteiger partial charge in [0.1, 0.15) is 0 Å². The molecule has 0 fully saturated rings. The van der Waals surface area contributed by atoms with E-state index in [1.807, 2.05) is 6.92 Å². The molecule has 0 saturated carbocycles. The number of hydrogen-bond acceptors (Lipinski definition) is 5. The predicted molar refractivity (Wildman–Crippen MR) is 73.1 cm³/mol. The maximum Gasteiger partial charge on any atom is 0.223 e. The highest BCUT2D eigenvalue weighted by atomic mass is 16.5. The zero-order valence-electron chi connectivity index (χ0n) is 11.1. The number of nitrogens with one attached hydrogen (secondary N) is 2. The Bertz CT molecular complexity index is 564. The van der Waals surface area contributed by atoms with E-state index in [1.54, 1.807) is 0 Å². The molecule has 0 unspecified atom stereocenters. The third-order valence-electron chi connectivity index (χ3n) is 3.34. The normalized spacial score (nSPS) is 13.3. The molecule has 0 atom stereocenters. The van der Waals surface area contributed by atoms with Gasteiger partial charge in [-0.05, 0) is 17.5 Å². The summed E-state index contributed by atoms with van der Waals surface area (Å²) in [6.45, 7) is 4.58. The van der Waals surface area contributed by atoms with Gasteiger partial charge in [0.15, 0.2) is 5.82 Å². The van der Waals surface area contributed by atoms with E-state index >= 15 is 0 Å². The number of hydrogen-bond donors (Lipinski definition) is 2. The molecule has 0 radical (unpaired) electrons. The minimum atomic E-state index is 0.625. The molecule has 3 rings (SSSR count). The maximum atomic E-state index is 4.94. The summed E-state index contributed by atoms with van der Waals surface area (Å²) in [6, 6.07) is 6.50. The van der Waals surface area contributed by atoms with Gasteiger partial charge in [-0.3, -0.25) is 0 Å². The van der Waals surface area contributed by atoms with Gasteiger partial charge in [0, 0.05) is 38.7 Å². The van der Waals surface area contributed by atoms with Crippen LogP contribution in [0.3, 0.4) is 0 Å². The van der Waals surface area contributed by atoms with Crippen molar-refractivity contribution in [2.24, 2.45) is 0 Å². The molecule has 1 aromatic carbocycles. The van der Waals surface area contributed by atoms with Crippen molar-refractivity contribution >= 4 is 5.69 Å². The largest absolute Gasteiger partial charge is 0.384 e. The van der Waals surface area contributed by atoms with Crippen LogP contribution in [0.2, 0.25) is 0 Å². The van der Waals surface area contributed by atoms with E-state index in [-0.39, 0.29) is 0 Å². The summed E-state index contributed by atoms with van der Waals surface area (Å²) in [5.74, 6) is 1.39. The van der Waals surface area contributed by atoms with E-state index in [1.165, 1.54) is 16.8 Å². The highest BCUT2D eigenvalue weighted by molar-refractivity contribution is 5.61. The fourth-order valence-electron chi connectivity index (χ4n) is 2.42. The molecule has 0 spiro atoms. The third-order valence-corrected chi connectivity index (χ3v) is 3.34. The number of rotatable bonds is 5. The lowest BCUT2D eigenvalue weighted by atomic mass is 10.1. The number of para-hydroxylation sites is 1. The molecule has 100 valence electrons. The quantitative estimate of drug-likeness (QED) is 0.799. The van der Waals surface area contributed by atoms with E-state index in [0.717, 1.165) is 38.3 Å². The fraction of sp³-hybridized carbons (Fsp3) is 0.429. The standard InChI is InChI=1S/C14H18N4O/c1-10-17-13(18-19-10)6-7-15-9-12-4-2-3-11-5-8-16-14(11)12/h2-4,15-16H,5-9H2,1H3. The molecule has 0 amide bonds. The first-order chi connectivity index (χ1) is 9.33. The summed E-state index contributed by atoms with van der Waals surface area (Å²) in [6.07, 6.45) is 1.92. The van der Waals surface area contributed by atoms with Crippen LogP contribution < -0.4 is 10.6 Å². The third kappa shape index (κ3) is 2.76. The first-order valence-corrected chi connectivity index (χ1v) is 6.67. The maximum absolute atomic E-state index is 4.94. The zero-order valence-corrected chi connectivity index (χ0v) is 11.1. The van der Waals surface area contributed by atoms with Gasteiger partial charge in [-0.1, -0.05) is 23.4 Å². The van der Waals surface area contributed by atoms with Gasteiger partial charge in [-0.2, -0.15) is 4.98 Å². The van der Waals surface area contributed by atoms with Crippen molar-refractivity contribution in [1.82, 2.24) is 15.5 Å². The molecule has 1 aromatic heterocycles. The van der Waals surface area contributed by atoms with Crippen LogP contribution in [0.5, 0.6) is 0 Å². The summed E-state index contributed by atoms with van der Waals surface area (Å²) in [4.78, 5) is 4.18. The summed E-state index contributed by atoms with van der Waals surface area (Å²) in [5.41, 5.74) is 4.07. The second-order valence-electron chi connectivity index (χ2n) is 4.78. The molecule has 19 heavy (non-hydrogen) atoms. The average Bonchev–Trinajstić information content (AvgIpc) is 3.03. The summed E-state index contributed by atoms with van der Waals surface area (Å²) in [5, 5.41) is 10.8. The van der Waals surface area contributed by atoms with Gasteiger partial charge in [0.25, 0.3) is 0 Å². The van der Waals surface area contributed by atoms with Crippen molar-refractivity contribution in [1.29, 1.82) is 0 Å². The molecule has 1 aliphatic heterocycles. The number of aryl methyl sites for hydroxylation is 1. The Kier molecular flexibility index (Phi) is 3.46. The van der Waals surface area contributed by atoms with Gasteiger partial charge < -0.3 is 15.2 Å². The highest BCUT2D eigenvalue weighted by Crippen LogP contribution is 2.26. The van der Waals surface area contributed by atoms with Crippen molar-refractivity contribution in [3.05, 3.63) is 41.0 Å². The van der Waals surface area contributed by atoms with Crippen LogP contribution in [-0.2, 0) is 19.4 Å². The van der Waals surface area contributed by atoms with Gasteiger partial charge in [-0.25, -0.2) is 0 Å². The van der Waals surface area contributed by atoms with E-state index in [2.05, 4.69) is 39.0 Å². The van der Waals surface area contributed by atoms with E-state index in [9.17, 15) is 0 Å². The lowest BCUT2D eigenvalue weighted by Crippen LogP contribution is -2.18. The average molecular weight is 258 g/mol. The number of nitrogens with zero attached hydrogens (tertiary/aromatic N) is 2. The molecule has 2 aromatic rings. The highest BCUT2D eigenvalue weighted by Gasteiger charge is 2.12. The SMILES string of the molecule is Cc1nc(CCNCc2cccc3c2NCC3)no1. The number of fused-ring (bicyclic) bond motifs is 1. The Hall–Kier alpha value is -1.88. The minimum Gasteiger partial charge on any atom is -0.384 e. The first-order valence-electron chi connectivity index (χ1n) is 6.67. The van der Waals surface area contributed by atoms with Crippen molar-refractivity contribution < 1.29 is 4.52 Å². The van der Waals surface area contributed by atoms with Crippen LogP contribution in [0.1, 0.15) is 22.8 Å². The number of anilines is 1. The number of benzene rings is 1. The number of aromatic nitrogens is 2. The molecule has 2 heterocycles.